The van der Waals surface area contributed by atoms with Crippen LogP contribution in [0.2, 0.25) is 0 Å². The molecule has 6 heteroatoms. The summed E-state index contributed by atoms with van der Waals surface area (Å²) in [4.78, 5) is 12.2. The maximum Gasteiger partial charge on any atom is 0.193 e. The van der Waals surface area contributed by atoms with Crippen molar-refractivity contribution in [2.45, 2.75) is 26.3 Å². The summed E-state index contributed by atoms with van der Waals surface area (Å²) in [5.74, 6) is 1.36. The van der Waals surface area contributed by atoms with Crippen molar-refractivity contribution in [1.82, 2.24) is 15.2 Å². The molecule has 0 aliphatic carbocycles. The predicted octanol–water partition coefficient (Wildman–Crippen LogP) is 3.23. The van der Waals surface area contributed by atoms with Crippen LogP contribution in [0.5, 0.6) is 0 Å². The molecule has 128 valence electrons. The number of hydrogen-bond acceptors (Lipinski definition) is 3. The van der Waals surface area contributed by atoms with Gasteiger partial charge in [0.25, 0.3) is 0 Å². The molecule has 0 spiro atoms. The molecule has 1 unspecified atom stereocenters. The summed E-state index contributed by atoms with van der Waals surface area (Å²) in [6, 6.07) is 6.85. The van der Waals surface area contributed by atoms with E-state index in [1.807, 2.05) is 32.3 Å². The zero-order valence-corrected chi connectivity index (χ0v) is 14.9. The van der Waals surface area contributed by atoms with Crippen LogP contribution in [-0.2, 0) is 13.0 Å². The zero-order valence-electron chi connectivity index (χ0n) is 14.1. The first kappa shape index (κ1) is 16.9. The molecule has 4 nitrogen and oxygen atoms in total. The molecule has 1 fully saturated rings. The molecule has 1 N–H and O–H groups in total. The minimum absolute atomic E-state index is 0.172. The van der Waals surface area contributed by atoms with Crippen molar-refractivity contribution >= 4 is 17.3 Å². The van der Waals surface area contributed by atoms with Crippen molar-refractivity contribution in [3.63, 3.8) is 0 Å². The fourth-order valence-corrected chi connectivity index (χ4v) is 3.87. The molecule has 0 amide bonds. The van der Waals surface area contributed by atoms with Gasteiger partial charge in [0.05, 0.1) is 11.6 Å². The molecule has 2 aromatic rings. The number of aliphatic imine (C=N–C) groups is 1. The van der Waals surface area contributed by atoms with Crippen LogP contribution in [0.15, 0.2) is 35.5 Å². The van der Waals surface area contributed by atoms with Crippen LogP contribution in [-0.4, -0.2) is 36.0 Å². The van der Waals surface area contributed by atoms with Gasteiger partial charge in [-0.15, -0.1) is 11.3 Å². The Labute approximate surface area is 146 Å². The Morgan fingerprint density at radius 3 is 2.88 bits per heavy atom. The number of hydrogen-bond donors (Lipinski definition) is 1. The van der Waals surface area contributed by atoms with Crippen LogP contribution in [0.1, 0.15) is 21.9 Å². The van der Waals surface area contributed by atoms with Gasteiger partial charge in [-0.05, 0) is 43.4 Å². The summed E-state index contributed by atoms with van der Waals surface area (Å²) in [7, 11) is 1.83. The van der Waals surface area contributed by atoms with E-state index in [0.717, 1.165) is 43.4 Å². The van der Waals surface area contributed by atoms with Gasteiger partial charge in [0.2, 0.25) is 0 Å². The number of guanidine groups is 1. The van der Waals surface area contributed by atoms with Crippen LogP contribution in [0.3, 0.4) is 0 Å². The van der Waals surface area contributed by atoms with E-state index in [-0.39, 0.29) is 5.82 Å². The second-order valence-electron chi connectivity index (χ2n) is 6.18. The maximum atomic E-state index is 13.0. The molecular formula is C18H23FN4S. The molecule has 0 saturated carbocycles. The van der Waals surface area contributed by atoms with E-state index in [2.05, 4.69) is 20.2 Å². The van der Waals surface area contributed by atoms with Gasteiger partial charge in [-0.25, -0.2) is 9.37 Å². The average Bonchev–Trinajstić information content (AvgIpc) is 3.20. The first-order valence-electron chi connectivity index (χ1n) is 8.25. The van der Waals surface area contributed by atoms with Crippen molar-refractivity contribution < 1.29 is 4.39 Å². The number of nitrogens with zero attached hydrogens (tertiary/aromatic N) is 3. The minimum Gasteiger partial charge on any atom is -0.351 e. The Morgan fingerprint density at radius 1 is 1.42 bits per heavy atom. The lowest BCUT2D eigenvalue weighted by Gasteiger charge is -2.21. The zero-order chi connectivity index (χ0) is 16.9. The summed E-state index contributed by atoms with van der Waals surface area (Å²) < 4.78 is 13.0. The quantitative estimate of drug-likeness (QED) is 0.682. The highest BCUT2D eigenvalue weighted by atomic mass is 32.1. The largest absolute Gasteiger partial charge is 0.351 e. The molecule has 1 aromatic carbocycles. The van der Waals surface area contributed by atoms with Gasteiger partial charge in [-0.3, -0.25) is 4.99 Å². The maximum absolute atomic E-state index is 13.0. The van der Waals surface area contributed by atoms with Crippen molar-refractivity contribution in [2.24, 2.45) is 10.9 Å². The fourth-order valence-electron chi connectivity index (χ4n) is 3.13. The number of nitrogens with one attached hydrogen (secondary N) is 1. The summed E-state index contributed by atoms with van der Waals surface area (Å²) >= 11 is 1.71. The van der Waals surface area contributed by atoms with E-state index in [4.69, 9.17) is 0 Å². The molecule has 0 bridgehead atoms. The molecule has 3 rings (SSSR count). The SMILES string of the molecule is CN=C(NCc1cnc(C)s1)N1CCC(Cc2ccc(F)cc2)C1. The number of likely N-dealkylation sites (tertiary alicyclic amines) is 1. The monoisotopic (exact) mass is 346 g/mol. The van der Waals surface area contributed by atoms with Crippen LogP contribution in [0.4, 0.5) is 4.39 Å². The number of aromatic nitrogens is 1. The first-order valence-corrected chi connectivity index (χ1v) is 9.07. The predicted molar refractivity (Wildman–Crippen MR) is 96.8 cm³/mol. The highest BCUT2D eigenvalue weighted by Crippen LogP contribution is 2.21. The van der Waals surface area contributed by atoms with Crippen LogP contribution >= 0.6 is 11.3 Å². The molecule has 1 atom stereocenters. The number of benzene rings is 1. The van der Waals surface area contributed by atoms with Crippen molar-refractivity contribution in [2.75, 3.05) is 20.1 Å². The average molecular weight is 346 g/mol. The molecule has 1 aliphatic heterocycles. The van der Waals surface area contributed by atoms with Crippen LogP contribution < -0.4 is 5.32 Å². The third-order valence-electron chi connectivity index (χ3n) is 4.32. The number of thiazole rings is 1. The molecule has 1 aliphatic rings. The first-order chi connectivity index (χ1) is 11.6. The smallest absolute Gasteiger partial charge is 0.193 e. The molecular weight excluding hydrogens is 323 g/mol. The lowest BCUT2D eigenvalue weighted by atomic mass is 9.99. The third-order valence-corrected chi connectivity index (χ3v) is 5.24. The Hall–Kier alpha value is -1.95. The Morgan fingerprint density at radius 2 is 2.21 bits per heavy atom. The van der Waals surface area contributed by atoms with Crippen LogP contribution in [0, 0.1) is 18.7 Å². The lowest BCUT2D eigenvalue weighted by Crippen LogP contribution is -2.39. The Bertz CT molecular complexity index is 695. The van der Waals surface area contributed by atoms with Crippen LogP contribution in [0.25, 0.3) is 0 Å². The minimum atomic E-state index is -0.172. The van der Waals surface area contributed by atoms with E-state index in [1.54, 1.807) is 23.5 Å². The second-order valence-corrected chi connectivity index (χ2v) is 7.50. The van der Waals surface area contributed by atoms with Crippen molar-refractivity contribution in [3.8, 4) is 0 Å². The molecule has 0 radical (unpaired) electrons. The van der Waals surface area contributed by atoms with E-state index in [1.165, 1.54) is 10.4 Å². The van der Waals surface area contributed by atoms with Crippen molar-refractivity contribution in [3.05, 3.63) is 51.7 Å². The second kappa shape index (κ2) is 7.75. The Kier molecular flexibility index (Phi) is 5.45. The summed E-state index contributed by atoms with van der Waals surface area (Å²) in [5, 5.41) is 4.52. The third kappa shape index (κ3) is 4.32. The van der Waals surface area contributed by atoms with Gasteiger partial charge in [0, 0.05) is 31.2 Å². The van der Waals surface area contributed by atoms with E-state index in [9.17, 15) is 4.39 Å². The standard InChI is InChI=1S/C18H23FN4S/c1-13-21-10-17(24-13)11-22-18(20-2)23-8-7-15(12-23)9-14-3-5-16(19)6-4-14/h3-6,10,15H,7-9,11-12H2,1-2H3,(H,20,22). The van der Waals surface area contributed by atoms with E-state index < -0.39 is 0 Å². The summed E-state index contributed by atoms with van der Waals surface area (Å²) in [5.41, 5.74) is 1.20. The Balaban J connectivity index is 1.52. The van der Waals surface area contributed by atoms with Gasteiger partial charge in [0.1, 0.15) is 5.82 Å². The van der Waals surface area contributed by atoms with Gasteiger partial charge in [0.15, 0.2) is 5.96 Å². The summed E-state index contributed by atoms with van der Waals surface area (Å²) in [6.45, 7) is 4.77. The number of rotatable bonds is 4. The molecule has 24 heavy (non-hydrogen) atoms. The molecule has 1 saturated heterocycles. The van der Waals surface area contributed by atoms with Gasteiger partial charge in [-0.1, -0.05) is 12.1 Å². The highest BCUT2D eigenvalue weighted by Gasteiger charge is 2.25. The fraction of sp³-hybridized carbons (Fsp3) is 0.444. The molecule has 2 heterocycles. The van der Waals surface area contributed by atoms with Crippen molar-refractivity contribution in [1.29, 1.82) is 0 Å². The van der Waals surface area contributed by atoms with E-state index in [0.29, 0.717) is 5.92 Å². The normalized spacial score (nSPS) is 18.2. The number of aryl methyl sites for hydroxylation is 1. The number of halogens is 1. The van der Waals surface area contributed by atoms with Gasteiger partial charge in [-0.2, -0.15) is 0 Å². The molecule has 1 aromatic heterocycles. The lowest BCUT2D eigenvalue weighted by molar-refractivity contribution is 0.460. The van der Waals surface area contributed by atoms with E-state index >= 15 is 0 Å². The summed E-state index contributed by atoms with van der Waals surface area (Å²) in [6.07, 6.45) is 4.04. The highest BCUT2D eigenvalue weighted by molar-refractivity contribution is 7.11. The van der Waals surface area contributed by atoms with Gasteiger partial charge < -0.3 is 10.2 Å². The topological polar surface area (TPSA) is 40.5 Å². The van der Waals surface area contributed by atoms with Gasteiger partial charge >= 0.3 is 0 Å².